The van der Waals surface area contributed by atoms with Crippen molar-refractivity contribution < 1.29 is 23.9 Å². The third kappa shape index (κ3) is 3.59. The number of esters is 1. The Balaban J connectivity index is 2.42. The number of amides is 2. The smallest absolute Gasteiger partial charge is 0.422 e. The van der Waals surface area contributed by atoms with Crippen LogP contribution in [0.4, 0.5) is 10.5 Å². The molecule has 1 aromatic carbocycles. The van der Waals surface area contributed by atoms with Crippen molar-refractivity contribution in [3.8, 4) is 0 Å². The monoisotopic (exact) mass is 317 g/mol. The van der Waals surface area contributed by atoms with Crippen LogP contribution in [0.15, 0.2) is 30.3 Å². The minimum absolute atomic E-state index is 0.116. The summed E-state index contributed by atoms with van der Waals surface area (Å²) in [5.74, 6) is -1.23. The Morgan fingerprint density at radius 1 is 1.22 bits per heavy atom. The van der Waals surface area contributed by atoms with Crippen LogP contribution < -0.4 is 4.90 Å². The van der Waals surface area contributed by atoms with Crippen molar-refractivity contribution in [1.29, 1.82) is 0 Å². The Labute approximate surface area is 134 Å². The summed E-state index contributed by atoms with van der Waals surface area (Å²) in [5.41, 5.74) is 0.267. The number of fused-ring (bicyclic) bond motifs is 1. The van der Waals surface area contributed by atoms with Gasteiger partial charge >= 0.3 is 12.1 Å². The maximum absolute atomic E-state index is 12.6. The Morgan fingerprint density at radius 3 is 2.48 bits per heavy atom. The Hall–Kier alpha value is -2.63. The number of hydrogen-bond acceptors (Lipinski definition) is 5. The van der Waals surface area contributed by atoms with E-state index in [1.54, 1.807) is 52.0 Å². The number of anilines is 1. The van der Waals surface area contributed by atoms with Crippen LogP contribution in [0.25, 0.3) is 5.57 Å². The maximum atomic E-state index is 12.6. The standard InChI is InChI=1S/C17H19NO5/c1-5-22-14(19)10-12-11-8-6-7-9-13(11)18(15(12)20)16(21)23-17(2,3)4/h6-10H,5H2,1-4H3/b12-10-. The Morgan fingerprint density at radius 2 is 1.87 bits per heavy atom. The SMILES string of the molecule is CCOC(=O)/C=C1\C(=O)N(C(=O)OC(C)(C)C)c2ccccc21. The van der Waals surface area contributed by atoms with Crippen LogP contribution in [0.1, 0.15) is 33.3 Å². The van der Waals surface area contributed by atoms with E-state index in [0.29, 0.717) is 11.3 Å². The van der Waals surface area contributed by atoms with E-state index in [1.165, 1.54) is 0 Å². The molecular formula is C17H19NO5. The summed E-state index contributed by atoms with van der Waals surface area (Å²) in [6.45, 7) is 7.02. The number of hydrogen-bond donors (Lipinski definition) is 0. The van der Waals surface area contributed by atoms with Crippen LogP contribution in [0.2, 0.25) is 0 Å². The molecule has 2 amide bonds. The van der Waals surface area contributed by atoms with Gasteiger partial charge in [0.15, 0.2) is 0 Å². The number of carbonyl (C=O) groups excluding carboxylic acids is 3. The first kappa shape index (κ1) is 16.7. The van der Waals surface area contributed by atoms with Gasteiger partial charge in [-0.05, 0) is 33.8 Å². The number of benzene rings is 1. The highest BCUT2D eigenvalue weighted by Gasteiger charge is 2.39. The fraction of sp³-hybridized carbons (Fsp3) is 0.353. The molecule has 0 N–H and O–H groups in total. The maximum Gasteiger partial charge on any atom is 0.422 e. The average Bonchev–Trinajstić information content (AvgIpc) is 2.70. The van der Waals surface area contributed by atoms with Crippen molar-refractivity contribution in [3.05, 3.63) is 35.9 Å². The average molecular weight is 317 g/mol. The lowest BCUT2D eigenvalue weighted by atomic mass is 10.1. The molecule has 0 saturated carbocycles. The molecule has 0 atom stereocenters. The third-order valence-electron chi connectivity index (χ3n) is 2.99. The van der Waals surface area contributed by atoms with Crippen LogP contribution in [0.5, 0.6) is 0 Å². The molecule has 1 heterocycles. The molecule has 0 unspecified atom stereocenters. The molecule has 6 heteroatoms. The van der Waals surface area contributed by atoms with E-state index in [0.717, 1.165) is 11.0 Å². The quantitative estimate of drug-likeness (QED) is 0.619. The lowest BCUT2D eigenvalue weighted by molar-refractivity contribution is -0.137. The van der Waals surface area contributed by atoms with E-state index >= 15 is 0 Å². The largest absolute Gasteiger partial charge is 0.463 e. The van der Waals surface area contributed by atoms with Gasteiger partial charge in [0.25, 0.3) is 5.91 Å². The first-order valence-corrected chi connectivity index (χ1v) is 7.30. The molecule has 1 aliphatic rings. The van der Waals surface area contributed by atoms with E-state index in [-0.39, 0.29) is 12.2 Å². The van der Waals surface area contributed by atoms with Crippen molar-refractivity contribution in [2.75, 3.05) is 11.5 Å². The Kier molecular flexibility index (Phi) is 4.54. The fourth-order valence-corrected chi connectivity index (χ4v) is 2.17. The van der Waals surface area contributed by atoms with Crippen LogP contribution >= 0.6 is 0 Å². The van der Waals surface area contributed by atoms with Crippen LogP contribution in [0.3, 0.4) is 0 Å². The minimum atomic E-state index is -0.776. The van der Waals surface area contributed by atoms with Gasteiger partial charge < -0.3 is 9.47 Å². The number of para-hydroxylation sites is 1. The summed E-state index contributed by atoms with van der Waals surface area (Å²) in [7, 11) is 0. The molecule has 2 rings (SSSR count). The number of imide groups is 1. The number of nitrogens with zero attached hydrogens (tertiary/aromatic N) is 1. The van der Waals surface area contributed by atoms with E-state index in [2.05, 4.69) is 0 Å². The van der Waals surface area contributed by atoms with Crippen molar-refractivity contribution in [2.45, 2.75) is 33.3 Å². The minimum Gasteiger partial charge on any atom is -0.463 e. The molecule has 6 nitrogen and oxygen atoms in total. The zero-order valence-electron chi connectivity index (χ0n) is 13.6. The predicted octanol–water partition coefficient (Wildman–Crippen LogP) is 2.91. The van der Waals surface area contributed by atoms with Gasteiger partial charge in [0.05, 0.1) is 17.9 Å². The zero-order valence-corrected chi connectivity index (χ0v) is 13.6. The van der Waals surface area contributed by atoms with E-state index in [4.69, 9.17) is 9.47 Å². The van der Waals surface area contributed by atoms with Gasteiger partial charge in [-0.1, -0.05) is 18.2 Å². The fourth-order valence-electron chi connectivity index (χ4n) is 2.17. The molecule has 0 aromatic heterocycles. The van der Waals surface area contributed by atoms with Crippen molar-refractivity contribution in [2.24, 2.45) is 0 Å². The second-order valence-electron chi connectivity index (χ2n) is 5.95. The lowest BCUT2D eigenvalue weighted by Crippen LogP contribution is -2.38. The Bertz CT molecular complexity index is 684. The van der Waals surface area contributed by atoms with Crippen LogP contribution in [-0.4, -0.2) is 30.2 Å². The van der Waals surface area contributed by atoms with Gasteiger partial charge in [-0.2, -0.15) is 0 Å². The topological polar surface area (TPSA) is 72.9 Å². The number of rotatable bonds is 2. The van der Waals surface area contributed by atoms with Crippen molar-refractivity contribution in [1.82, 2.24) is 0 Å². The molecule has 23 heavy (non-hydrogen) atoms. The van der Waals surface area contributed by atoms with E-state index < -0.39 is 23.6 Å². The molecular weight excluding hydrogens is 298 g/mol. The second-order valence-corrected chi connectivity index (χ2v) is 5.95. The zero-order chi connectivity index (χ0) is 17.2. The molecule has 0 saturated heterocycles. The highest BCUT2D eigenvalue weighted by atomic mass is 16.6. The van der Waals surface area contributed by atoms with Gasteiger partial charge in [-0.15, -0.1) is 0 Å². The summed E-state index contributed by atoms with van der Waals surface area (Å²) in [4.78, 5) is 37.5. The predicted molar refractivity (Wildman–Crippen MR) is 84.8 cm³/mol. The normalized spacial score (nSPS) is 15.6. The van der Waals surface area contributed by atoms with Crippen molar-refractivity contribution >= 4 is 29.2 Å². The van der Waals surface area contributed by atoms with E-state index in [9.17, 15) is 14.4 Å². The third-order valence-corrected chi connectivity index (χ3v) is 2.99. The summed E-state index contributed by atoms with van der Waals surface area (Å²) in [5, 5.41) is 0. The van der Waals surface area contributed by atoms with Gasteiger partial charge in [-0.3, -0.25) is 4.79 Å². The number of carbonyl (C=O) groups is 3. The highest BCUT2D eigenvalue weighted by molar-refractivity contribution is 6.40. The van der Waals surface area contributed by atoms with E-state index in [1.807, 2.05) is 0 Å². The summed E-state index contributed by atoms with van der Waals surface area (Å²) in [6.07, 6.45) is 0.330. The first-order valence-electron chi connectivity index (χ1n) is 7.30. The highest BCUT2D eigenvalue weighted by Crippen LogP contribution is 2.37. The van der Waals surface area contributed by atoms with Crippen LogP contribution in [-0.2, 0) is 19.1 Å². The molecule has 0 radical (unpaired) electrons. The second kappa shape index (κ2) is 6.24. The molecule has 1 aromatic rings. The lowest BCUT2D eigenvalue weighted by Gasteiger charge is -2.23. The molecule has 0 fully saturated rings. The first-order chi connectivity index (χ1) is 10.7. The summed E-state index contributed by atoms with van der Waals surface area (Å²) in [6, 6.07) is 6.73. The van der Waals surface area contributed by atoms with Crippen molar-refractivity contribution in [3.63, 3.8) is 0 Å². The van der Waals surface area contributed by atoms with Gasteiger partial charge in [0, 0.05) is 11.6 Å². The molecule has 122 valence electrons. The molecule has 0 bridgehead atoms. The summed E-state index contributed by atoms with van der Waals surface area (Å²) >= 11 is 0. The summed E-state index contributed by atoms with van der Waals surface area (Å²) < 4.78 is 10.1. The van der Waals surface area contributed by atoms with Gasteiger partial charge in [0.1, 0.15) is 5.60 Å². The van der Waals surface area contributed by atoms with Crippen LogP contribution in [0, 0.1) is 0 Å². The van der Waals surface area contributed by atoms with Gasteiger partial charge in [-0.25, -0.2) is 14.5 Å². The molecule has 0 spiro atoms. The molecule has 0 aliphatic carbocycles. The molecule has 1 aliphatic heterocycles. The number of ether oxygens (including phenoxy) is 2. The van der Waals surface area contributed by atoms with Gasteiger partial charge in [0.2, 0.25) is 0 Å².